The van der Waals surface area contributed by atoms with Crippen molar-refractivity contribution in [3.05, 3.63) is 132 Å². The second kappa shape index (κ2) is 12.4. The van der Waals surface area contributed by atoms with Crippen LogP contribution in [0.4, 0.5) is 0 Å². The summed E-state index contributed by atoms with van der Waals surface area (Å²) in [6, 6.07) is 36.9. The first-order valence-corrected chi connectivity index (χ1v) is 18.2. The lowest BCUT2D eigenvalue weighted by molar-refractivity contribution is 0.403. The maximum Gasteiger partial charge on any atom is 0.164 e. The van der Waals surface area contributed by atoms with E-state index in [4.69, 9.17) is 19.9 Å². The summed E-state index contributed by atoms with van der Waals surface area (Å²) in [5, 5.41) is 0. The van der Waals surface area contributed by atoms with Crippen LogP contribution in [0.2, 0.25) is 0 Å². The maximum atomic E-state index is 5.00. The van der Waals surface area contributed by atoms with Gasteiger partial charge in [0.2, 0.25) is 0 Å². The minimum atomic E-state index is 0.0660. The van der Waals surface area contributed by atoms with Crippen LogP contribution in [-0.4, -0.2) is 19.9 Å². The van der Waals surface area contributed by atoms with E-state index in [-0.39, 0.29) is 21.7 Å². The number of rotatable bonds is 5. The molecule has 258 valence electrons. The molecule has 51 heavy (non-hydrogen) atoms. The zero-order chi connectivity index (χ0) is 36.3. The van der Waals surface area contributed by atoms with Crippen molar-refractivity contribution < 1.29 is 0 Å². The molecule has 4 heteroatoms. The van der Waals surface area contributed by atoms with Crippen molar-refractivity contribution in [2.24, 2.45) is 0 Å². The molecule has 0 saturated heterocycles. The van der Waals surface area contributed by atoms with Crippen LogP contribution in [0.15, 0.2) is 109 Å². The molecule has 0 radical (unpaired) electrons. The largest absolute Gasteiger partial charge is 0.256 e. The molecule has 7 rings (SSSR count). The summed E-state index contributed by atoms with van der Waals surface area (Å²) >= 11 is 0. The van der Waals surface area contributed by atoms with Gasteiger partial charge in [-0.05, 0) is 68.0 Å². The summed E-state index contributed by atoms with van der Waals surface area (Å²) in [4.78, 5) is 19.9. The molecule has 0 amide bonds. The van der Waals surface area contributed by atoms with Crippen molar-refractivity contribution in [3.63, 3.8) is 0 Å². The number of fused-ring (bicyclic) bond motifs is 1. The highest BCUT2D eigenvalue weighted by atomic mass is 15.0. The summed E-state index contributed by atoms with van der Waals surface area (Å²) in [5.41, 5.74) is 13.2. The van der Waals surface area contributed by atoms with Crippen molar-refractivity contribution in [3.8, 4) is 56.5 Å². The summed E-state index contributed by atoms with van der Waals surface area (Å²) in [7, 11) is 0. The van der Waals surface area contributed by atoms with Crippen molar-refractivity contribution in [1.29, 1.82) is 0 Å². The average Bonchev–Trinajstić information content (AvgIpc) is 3.29. The van der Waals surface area contributed by atoms with Crippen molar-refractivity contribution >= 4 is 0 Å². The van der Waals surface area contributed by atoms with Crippen LogP contribution in [0.1, 0.15) is 97.9 Å². The molecule has 2 aromatic heterocycles. The Morgan fingerprint density at radius 1 is 0.431 bits per heavy atom. The number of pyridine rings is 1. The van der Waals surface area contributed by atoms with E-state index in [1.165, 1.54) is 27.8 Å². The monoisotopic (exact) mass is 670 g/mol. The second-order valence-electron chi connectivity index (χ2n) is 17.7. The fourth-order valence-corrected chi connectivity index (χ4v) is 7.70. The van der Waals surface area contributed by atoms with Gasteiger partial charge in [0.05, 0.1) is 5.69 Å². The van der Waals surface area contributed by atoms with Gasteiger partial charge in [-0.15, -0.1) is 0 Å². The maximum absolute atomic E-state index is 5.00. The summed E-state index contributed by atoms with van der Waals surface area (Å²) in [6.45, 7) is 22.8. The van der Waals surface area contributed by atoms with Gasteiger partial charge >= 0.3 is 0 Å². The molecule has 0 saturated carbocycles. The number of hydrogen-bond donors (Lipinski definition) is 0. The fourth-order valence-electron chi connectivity index (χ4n) is 7.70. The van der Waals surface area contributed by atoms with Gasteiger partial charge in [-0.1, -0.05) is 160 Å². The molecule has 0 unspecified atom stereocenters. The van der Waals surface area contributed by atoms with E-state index in [9.17, 15) is 0 Å². The molecule has 1 aliphatic carbocycles. The third kappa shape index (κ3) is 6.89. The molecular formula is C47H50N4. The van der Waals surface area contributed by atoms with E-state index in [2.05, 4.69) is 172 Å². The first-order valence-electron chi connectivity index (χ1n) is 18.2. The highest BCUT2D eigenvalue weighted by Crippen LogP contribution is 2.50. The molecule has 0 N–H and O–H groups in total. The smallest absolute Gasteiger partial charge is 0.164 e. The van der Waals surface area contributed by atoms with Crippen LogP contribution in [-0.2, 0) is 21.7 Å². The van der Waals surface area contributed by atoms with Gasteiger partial charge in [-0.25, -0.2) is 15.0 Å². The molecule has 0 spiro atoms. The fraction of sp³-hybridized carbons (Fsp3) is 0.319. The molecule has 0 aliphatic heterocycles. The molecule has 4 aromatic carbocycles. The highest BCUT2D eigenvalue weighted by molar-refractivity contribution is 5.72. The van der Waals surface area contributed by atoms with Gasteiger partial charge in [0.15, 0.2) is 17.5 Å². The minimum Gasteiger partial charge on any atom is -0.256 e. The molecule has 2 heterocycles. The van der Waals surface area contributed by atoms with Crippen LogP contribution < -0.4 is 0 Å². The van der Waals surface area contributed by atoms with Crippen LogP contribution in [0.5, 0.6) is 0 Å². The predicted octanol–water partition coefficient (Wildman–Crippen LogP) is 12.2. The van der Waals surface area contributed by atoms with Gasteiger partial charge < -0.3 is 0 Å². The number of aromatic nitrogens is 4. The van der Waals surface area contributed by atoms with Crippen molar-refractivity contribution in [2.45, 2.75) is 97.3 Å². The first-order chi connectivity index (χ1) is 24.0. The van der Waals surface area contributed by atoms with Crippen LogP contribution in [0.25, 0.3) is 56.5 Å². The first kappa shape index (κ1) is 34.5. The highest BCUT2D eigenvalue weighted by Gasteiger charge is 2.41. The lowest BCUT2D eigenvalue weighted by atomic mass is 9.82. The summed E-state index contributed by atoms with van der Waals surface area (Å²) < 4.78 is 0. The van der Waals surface area contributed by atoms with E-state index < -0.39 is 0 Å². The van der Waals surface area contributed by atoms with Crippen molar-refractivity contribution in [1.82, 2.24) is 19.9 Å². The average molecular weight is 671 g/mol. The molecule has 0 atom stereocenters. The van der Waals surface area contributed by atoms with E-state index in [1.807, 2.05) is 6.20 Å². The Labute approximate surface area is 304 Å². The van der Waals surface area contributed by atoms with Gasteiger partial charge in [0.1, 0.15) is 0 Å². The van der Waals surface area contributed by atoms with E-state index in [0.717, 1.165) is 39.9 Å². The second-order valence-corrected chi connectivity index (χ2v) is 17.7. The van der Waals surface area contributed by atoms with E-state index in [1.54, 1.807) is 0 Å². The Morgan fingerprint density at radius 3 is 1.25 bits per heavy atom. The third-order valence-corrected chi connectivity index (χ3v) is 10.6. The van der Waals surface area contributed by atoms with Crippen LogP contribution in [0.3, 0.4) is 0 Å². The zero-order valence-electron chi connectivity index (χ0n) is 31.9. The van der Waals surface area contributed by atoms with Gasteiger partial charge in [-0.2, -0.15) is 0 Å². The lowest BCUT2D eigenvalue weighted by Crippen LogP contribution is -2.17. The molecule has 4 nitrogen and oxygen atoms in total. The van der Waals surface area contributed by atoms with Crippen molar-refractivity contribution in [2.75, 3.05) is 0 Å². The van der Waals surface area contributed by atoms with Gasteiger partial charge in [0.25, 0.3) is 0 Å². The SMILES string of the molecule is CC(C)(C)c1ccc(-c2nc(-c3ccc(-c4ccc(-c5ccc6c(c5)C(C)(C)CC6(C)C)nc4)cc3)nc(-c3ccc(C(C)(C)C)cc3)n2)cc1. The Bertz CT molecular complexity index is 2120. The Morgan fingerprint density at radius 2 is 0.824 bits per heavy atom. The standard InChI is InChI=1S/C47H50N4/c1-44(2,3)36-21-15-32(16-22-36)42-49-41(50-43(51-42)33-17-23-37(24-18-33)45(4,5)6)31-13-11-30(12-14-31)35-20-26-40(48-28-35)34-19-25-38-39(27-34)47(9,10)29-46(38,7)8/h11-28H,29H2,1-10H3. The zero-order valence-corrected chi connectivity index (χ0v) is 31.9. The van der Waals surface area contributed by atoms with Gasteiger partial charge in [0, 0.05) is 34.0 Å². The lowest BCUT2D eigenvalue weighted by Gasteiger charge is -2.22. The molecule has 1 aliphatic rings. The number of nitrogens with zero attached hydrogens (tertiary/aromatic N) is 4. The molecule has 6 aromatic rings. The Balaban J connectivity index is 1.20. The quantitative estimate of drug-likeness (QED) is 0.183. The molecule has 0 bridgehead atoms. The molecular weight excluding hydrogens is 621 g/mol. The van der Waals surface area contributed by atoms with Crippen LogP contribution >= 0.6 is 0 Å². The van der Waals surface area contributed by atoms with E-state index >= 15 is 0 Å². The third-order valence-electron chi connectivity index (χ3n) is 10.6. The summed E-state index contributed by atoms with van der Waals surface area (Å²) in [6.07, 6.45) is 3.14. The summed E-state index contributed by atoms with van der Waals surface area (Å²) in [5.74, 6) is 1.98. The minimum absolute atomic E-state index is 0.0660. The molecule has 0 fully saturated rings. The normalized spacial score (nSPS) is 15.1. The topological polar surface area (TPSA) is 51.6 Å². The van der Waals surface area contributed by atoms with E-state index in [0.29, 0.717) is 17.5 Å². The predicted molar refractivity (Wildman–Crippen MR) is 213 cm³/mol. The Hall–Kier alpha value is -4.96. The Kier molecular flexibility index (Phi) is 8.36. The van der Waals surface area contributed by atoms with Gasteiger partial charge in [-0.3, -0.25) is 4.98 Å². The van der Waals surface area contributed by atoms with Crippen LogP contribution in [0, 0.1) is 0 Å². The number of benzene rings is 4. The number of hydrogen-bond acceptors (Lipinski definition) is 4.